The van der Waals surface area contributed by atoms with Crippen molar-refractivity contribution in [1.82, 2.24) is 5.32 Å². The van der Waals surface area contributed by atoms with E-state index >= 15 is 0 Å². The maximum atomic E-state index is 11.5. The lowest BCUT2D eigenvalue weighted by Crippen LogP contribution is -2.35. The minimum Gasteiger partial charge on any atom is -0.444 e. The fraction of sp³-hybridized carbons (Fsp3) is 0.500. The van der Waals surface area contributed by atoms with Crippen LogP contribution in [0.1, 0.15) is 36.6 Å². The third-order valence-corrected chi connectivity index (χ3v) is 2.96. The van der Waals surface area contributed by atoms with Crippen LogP contribution in [0.15, 0.2) is 12.1 Å². The van der Waals surface area contributed by atoms with Crippen LogP contribution in [0.25, 0.3) is 0 Å². The highest BCUT2D eigenvalue weighted by Gasteiger charge is 2.20. The van der Waals surface area contributed by atoms with Crippen LogP contribution in [0, 0.1) is 6.92 Å². The Hall–Kier alpha value is -1.36. The number of carbonyl (C=O) groups excluding carboxylic acids is 2. The fourth-order valence-corrected chi connectivity index (χ4v) is 2.11. The normalized spacial score (nSPS) is 12.9. The van der Waals surface area contributed by atoms with Crippen molar-refractivity contribution in [2.75, 3.05) is 0 Å². The molecule has 1 aromatic rings. The summed E-state index contributed by atoms with van der Waals surface area (Å²) in [5.74, 6) is 0. The third-order valence-electron chi connectivity index (χ3n) is 1.88. The number of rotatable bonds is 3. The Labute approximate surface area is 105 Å². The number of amides is 1. The Bertz CT molecular complexity index is 406. The molecule has 0 saturated carbocycles. The molecule has 0 bridgehead atoms. The van der Waals surface area contributed by atoms with Crippen LogP contribution in [0.3, 0.4) is 0 Å². The molecular weight excluding hydrogens is 238 g/mol. The zero-order valence-corrected chi connectivity index (χ0v) is 11.3. The van der Waals surface area contributed by atoms with E-state index in [1.54, 1.807) is 20.8 Å². The number of thiophene rings is 1. The lowest BCUT2D eigenvalue weighted by Gasteiger charge is -2.21. The maximum absolute atomic E-state index is 11.5. The molecule has 1 atom stereocenters. The Kier molecular flexibility index (Phi) is 4.28. The van der Waals surface area contributed by atoms with Gasteiger partial charge in [0, 0.05) is 9.75 Å². The summed E-state index contributed by atoms with van der Waals surface area (Å²) in [7, 11) is 0. The van der Waals surface area contributed by atoms with Crippen molar-refractivity contribution in [3.05, 3.63) is 21.9 Å². The molecular formula is C12H17NO3S. The highest BCUT2D eigenvalue weighted by Crippen LogP contribution is 2.21. The summed E-state index contributed by atoms with van der Waals surface area (Å²) in [6, 6.07) is 3.10. The van der Waals surface area contributed by atoms with Crippen molar-refractivity contribution in [3.63, 3.8) is 0 Å². The lowest BCUT2D eigenvalue weighted by molar-refractivity contribution is -0.109. The van der Waals surface area contributed by atoms with E-state index in [2.05, 4.69) is 5.32 Å². The topological polar surface area (TPSA) is 55.4 Å². The maximum Gasteiger partial charge on any atom is 0.408 e. The van der Waals surface area contributed by atoms with Crippen molar-refractivity contribution < 1.29 is 14.3 Å². The second-order valence-electron chi connectivity index (χ2n) is 4.71. The predicted octanol–water partition coefficient (Wildman–Crippen LogP) is 2.82. The SMILES string of the molecule is Cc1ccc(C(C=O)NC(=O)OC(C)(C)C)s1. The van der Waals surface area contributed by atoms with Gasteiger partial charge >= 0.3 is 6.09 Å². The van der Waals surface area contributed by atoms with E-state index in [1.807, 2.05) is 19.1 Å². The van der Waals surface area contributed by atoms with Crippen molar-refractivity contribution in [2.24, 2.45) is 0 Å². The van der Waals surface area contributed by atoms with Gasteiger partial charge in [0.2, 0.25) is 0 Å². The van der Waals surface area contributed by atoms with E-state index in [4.69, 9.17) is 4.74 Å². The molecule has 0 radical (unpaired) electrons. The first-order valence-electron chi connectivity index (χ1n) is 5.33. The quantitative estimate of drug-likeness (QED) is 0.845. The Morgan fingerprint density at radius 3 is 2.53 bits per heavy atom. The van der Waals surface area contributed by atoms with Crippen molar-refractivity contribution in [1.29, 1.82) is 0 Å². The molecule has 1 heterocycles. The first-order valence-corrected chi connectivity index (χ1v) is 6.14. The summed E-state index contributed by atoms with van der Waals surface area (Å²) in [4.78, 5) is 24.4. The van der Waals surface area contributed by atoms with Crippen LogP contribution >= 0.6 is 11.3 Å². The van der Waals surface area contributed by atoms with Gasteiger partial charge in [0.15, 0.2) is 0 Å². The van der Waals surface area contributed by atoms with Crippen molar-refractivity contribution in [3.8, 4) is 0 Å². The second-order valence-corrected chi connectivity index (χ2v) is 6.03. The molecule has 17 heavy (non-hydrogen) atoms. The summed E-state index contributed by atoms with van der Waals surface area (Å²) in [6.07, 6.45) is 0.121. The molecule has 0 aliphatic heterocycles. The molecule has 1 N–H and O–H groups in total. The average Bonchev–Trinajstić information content (AvgIpc) is 2.58. The van der Waals surface area contributed by atoms with E-state index in [1.165, 1.54) is 11.3 Å². The lowest BCUT2D eigenvalue weighted by atomic mass is 10.2. The molecule has 0 spiro atoms. The number of hydrogen-bond donors (Lipinski definition) is 1. The zero-order valence-electron chi connectivity index (χ0n) is 10.4. The van der Waals surface area contributed by atoms with Crippen LogP contribution in [0.2, 0.25) is 0 Å². The minimum atomic E-state index is -0.636. The number of alkyl carbamates (subject to hydrolysis) is 1. The van der Waals surface area contributed by atoms with Crippen LogP contribution in [-0.4, -0.2) is 18.0 Å². The zero-order chi connectivity index (χ0) is 13.1. The van der Waals surface area contributed by atoms with Gasteiger partial charge in [-0.1, -0.05) is 0 Å². The smallest absolute Gasteiger partial charge is 0.408 e. The Balaban J connectivity index is 2.65. The summed E-state index contributed by atoms with van der Waals surface area (Å²) in [6.45, 7) is 7.27. The van der Waals surface area contributed by atoms with Crippen LogP contribution in [0.4, 0.5) is 4.79 Å². The number of nitrogens with one attached hydrogen (secondary N) is 1. The van der Waals surface area contributed by atoms with Crippen LogP contribution in [0.5, 0.6) is 0 Å². The molecule has 1 rings (SSSR count). The molecule has 0 saturated heterocycles. The third kappa shape index (κ3) is 4.56. The van der Waals surface area contributed by atoms with Gasteiger partial charge in [-0.2, -0.15) is 0 Å². The molecule has 1 unspecified atom stereocenters. The van der Waals surface area contributed by atoms with Gasteiger partial charge in [0.1, 0.15) is 17.9 Å². The minimum absolute atomic E-state index is 0.567. The highest BCUT2D eigenvalue weighted by molar-refractivity contribution is 7.12. The van der Waals surface area contributed by atoms with Crippen molar-refractivity contribution >= 4 is 23.7 Å². The summed E-state index contributed by atoms with van der Waals surface area (Å²) in [5.41, 5.74) is -0.567. The predicted molar refractivity (Wildman–Crippen MR) is 67.2 cm³/mol. The molecule has 0 aliphatic carbocycles. The standard InChI is InChI=1S/C12H17NO3S/c1-8-5-6-10(17-8)9(7-14)13-11(15)16-12(2,3)4/h5-7,9H,1-4H3,(H,13,15). The van der Waals surface area contributed by atoms with Gasteiger partial charge in [-0.05, 0) is 39.8 Å². The molecule has 5 heteroatoms. The van der Waals surface area contributed by atoms with Gasteiger partial charge < -0.3 is 14.8 Å². The molecule has 4 nitrogen and oxygen atoms in total. The number of carbonyl (C=O) groups is 2. The summed E-state index contributed by atoms with van der Waals surface area (Å²) < 4.78 is 5.09. The Morgan fingerprint density at radius 2 is 2.12 bits per heavy atom. The number of aryl methyl sites for hydroxylation is 1. The fourth-order valence-electron chi connectivity index (χ4n) is 1.23. The molecule has 0 aromatic carbocycles. The van der Waals surface area contributed by atoms with Crippen molar-refractivity contribution in [2.45, 2.75) is 39.3 Å². The highest BCUT2D eigenvalue weighted by atomic mass is 32.1. The van der Waals surface area contributed by atoms with Gasteiger partial charge in [-0.25, -0.2) is 4.79 Å². The second kappa shape index (κ2) is 5.31. The van der Waals surface area contributed by atoms with E-state index < -0.39 is 17.7 Å². The van der Waals surface area contributed by atoms with Crippen LogP contribution in [-0.2, 0) is 9.53 Å². The number of aldehydes is 1. The number of hydrogen-bond acceptors (Lipinski definition) is 4. The monoisotopic (exact) mass is 255 g/mol. The molecule has 0 fully saturated rings. The van der Waals surface area contributed by atoms with E-state index in [0.29, 0.717) is 6.29 Å². The molecule has 1 amide bonds. The first kappa shape index (κ1) is 13.7. The van der Waals surface area contributed by atoms with E-state index in [9.17, 15) is 9.59 Å². The molecule has 1 aromatic heterocycles. The largest absolute Gasteiger partial charge is 0.444 e. The van der Waals surface area contributed by atoms with E-state index in [0.717, 1.165) is 9.75 Å². The summed E-state index contributed by atoms with van der Waals surface area (Å²) in [5, 5.41) is 2.53. The van der Waals surface area contributed by atoms with Gasteiger partial charge in [-0.15, -0.1) is 11.3 Å². The average molecular weight is 255 g/mol. The molecule has 94 valence electrons. The Morgan fingerprint density at radius 1 is 1.47 bits per heavy atom. The molecule has 0 aliphatic rings. The first-order chi connectivity index (χ1) is 7.81. The summed E-state index contributed by atoms with van der Waals surface area (Å²) >= 11 is 1.48. The van der Waals surface area contributed by atoms with Crippen LogP contribution < -0.4 is 5.32 Å². The number of ether oxygens (including phenoxy) is 1. The van der Waals surface area contributed by atoms with Gasteiger partial charge in [0.05, 0.1) is 0 Å². The van der Waals surface area contributed by atoms with E-state index in [-0.39, 0.29) is 0 Å². The van der Waals surface area contributed by atoms with Gasteiger partial charge in [0.25, 0.3) is 0 Å². The van der Waals surface area contributed by atoms with Gasteiger partial charge in [-0.3, -0.25) is 0 Å².